The fourth-order valence-corrected chi connectivity index (χ4v) is 4.05. The Morgan fingerprint density at radius 2 is 1.95 bits per heavy atom. The topological polar surface area (TPSA) is 89.3 Å². The Bertz CT molecular complexity index is 577. The summed E-state index contributed by atoms with van der Waals surface area (Å²) in [4.78, 5) is 11.1. The van der Waals surface area contributed by atoms with Crippen LogP contribution in [-0.4, -0.2) is 19.9 Å². The smallest absolute Gasteiger partial charge is 0.241 e. The van der Waals surface area contributed by atoms with Gasteiger partial charge in [0.25, 0.3) is 0 Å². The molecule has 0 bridgehead atoms. The summed E-state index contributed by atoms with van der Waals surface area (Å²) in [5, 5.41) is 0. The van der Waals surface area contributed by atoms with Crippen molar-refractivity contribution < 1.29 is 13.2 Å². The summed E-state index contributed by atoms with van der Waals surface area (Å²) in [6, 6.07) is 4.89. The number of halogens is 1. The first-order chi connectivity index (χ1) is 8.52. The van der Waals surface area contributed by atoms with Crippen molar-refractivity contribution in [2.75, 3.05) is 0 Å². The second kappa shape index (κ2) is 5.60. The van der Waals surface area contributed by atoms with Crippen molar-refractivity contribution in [3.8, 4) is 0 Å². The van der Waals surface area contributed by atoms with Crippen molar-refractivity contribution in [1.29, 1.82) is 0 Å². The van der Waals surface area contributed by atoms with Crippen LogP contribution in [0.1, 0.15) is 25.8 Å². The zero-order valence-electron chi connectivity index (χ0n) is 11.0. The van der Waals surface area contributed by atoms with Gasteiger partial charge in [-0.2, -0.15) is 0 Å². The van der Waals surface area contributed by atoms with E-state index in [4.69, 9.17) is 5.73 Å². The molecule has 0 unspecified atom stereocenters. The molecule has 0 radical (unpaired) electrons. The van der Waals surface area contributed by atoms with Gasteiger partial charge in [0.2, 0.25) is 15.9 Å². The lowest BCUT2D eigenvalue weighted by Crippen LogP contribution is -2.45. The summed E-state index contributed by atoms with van der Waals surface area (Å²) in [6.45, 7) is 5.03. The molecule has 0 aliphatic carbocycles. The number of benzene rings is 1. The van der Waals surface area contributed by atoms with Crippen LogP contribution in [0, 0.1) is 6.92 Å². The second-order valence-corrected chi connectivity index (χ2v) is 7.69. The van der Waals surface area contributed by atoms with Crippen molar-refractivity contribution >= 4 is 31.9 Å². The Balaban J connectivity index is 3.08. The summed E-state index contributed by atoms with van der Waals surface area (Å²) >= 11 is 3.26. The molecule has 1 aromatic rings. The fourth-order valence-electron chi connectivity index (χ4n) is 1.75. The van der Waals surface area contributed by atoms with Crippen molar-refractivity contribution in [2.45, 2.75) is 37.6 Å². The predicted molar refractivity (Wildman–Crippen MR) is 77.1 cm³/mol. The number of primary amides is 1. The number of aryl methyl sites for hydroxylation is 1. The van der Waals surface area contributed by atoms with E-state index in [-0.39, 0.29) is 11.3 Å². The lowest BCUT2D eigenvalue weighted by molar-refractivity contribution is -0.119. The predicted octanol–water partition coefficient (Wildman–Crippen LogP) is 1.69. The minimum absolute atomic E-state index is 0.0702. The van der Waals surface area contributed by atoms with Gasteiger partial charge in [0.05, 0.1) is 4.90 Å². The van der Waals surface area contributed by atoms with E-state index in [2.05, 4.69) is 20.7 Å². The highest BCUT2D eigenvalue weighted by Gasteiger charge is 2.28. The molecule has 7 heteroatoms. The Labute approximate surface area is 121 Å². The molecule has 3 N–H and O–H groups in total. The SMILES string of the molecule is Cc1cc(Br)cc(S(=O)(=O)NC(C)(C)CC(N)=O)c1. The molecular formula is C12H17BrN2O3S. The first-order valence-electron chi connectivity index (χ1n) is 5.61. The van der Waals surface area contributed by atoms with Gasteiger partial charge >= 0.3 is 0 Å². The third kappa shape index (κ3) is 4.93. The van der Waals surface area contributed by atoms with Gasteiger partial charge in [0.1, 0.15) is 0 Å². The first kappa shape index (κ1) is 16.1. The average Bonchev–Trinajstić information content (AvgIpc) is 2.11. The number of amides is 1. The van der Waals surface area contributed by atoms with E-state index < -0.39 is 21.5 Å². The van der Waals surface area contributed by atoms with Crippen LogP contribution in [0.15, 0.2) is 27.6 Å². The first-order valence-corrected chi connectivity index (χ1v) is 7.89. The van der Waals surface area contributed by atoms with Crippen LogP contribution in [0.25, 0.3) is 0 Å². The van der Waals surface area contributed by atoms with Gasteiger partial charge in [0.15, 0.2) is 0 Å². The standard InChI is InChI=1S/C12H17BrN2O3S/c1-8-4-9(13)6-10(5-8)19(17,18)15-12(2,3)7-11(14)16/h4-6,15H,7H2,1-3H3,(H2,14,16). The van der Waals surface area contributed by atoms with Gasteiger partial charge in [-0.15, -0.1) is 0 Å². The lowest BCUT2D eigenvalue weighted by atomic mass is 10.0. The van der Waals surface area contributed by atoms with E-state index in [0.29, 0.717) is 4.47 Å². The van der Waals surface area contributed by atoms with Crippen LogP contribution in [0.3, 0.4) is 0 Å². The van der Waals surface area contributed by atoms with Crippen molar-refractivity contribution in [1.82, 2.24) is 4.72 Å². The molecule has 0 fully saturated rings. The molecule has 1 rings (SSSR count). The van der Waals surface area contributed by atoms with Crippen LogP contribution in [0.5, 0.6) is 0 Å². The normalized spacial score (nSPS) is 12.4. The molecule has 0 aliphatic rings. The maximum Gasteiger partial charge on any atom is 0.241 e. The highest BCUT2D eigenvalue weighted by molar-refractivity contribution is 9.10. The summed E-state index contributed by atoms with van der Waals surface area (Å²) in [6.07, 6.45) is -0.0702. The minimum atomic E-state index is -3.70. The molecule has 0 saturated heterocycles. The summed E-state index contributed by atoms with van der Waals surface area (Å²) in [7, 11) is -3.70. The van der Waals surface area contributed by atoms with Crippen molar-refractivity contribution in [2.24, 2.45) is 5.73 Å². The number of sulfonamides is 1. The summed E-state index contributed by atoms with van der Waals surface area (Å²) in [5.74, 6) is -0.557. The fraction of sp³-hybridized carbons (Fsp3) is 0.417. The number of nitrogens with one attached hydrogen (secondary N) is 1. The maximum atomic E-state index is 12.2. The van der Waals surface area contributed by atoms with E-state index in [9.17, 15) is 13.2 Å². The number of rotatable bonds is 5. The molecule has 0 heterocycles. The van der Waals surface area contributed by atoms with E-state index >= 15 is 0 Å². The number of hydrogen-bond acceptors (Lipinski definition) is 3. The number of hydrogen-bond donors (Lipinski definition) is 2. The number of nitrogens with two attached hydrogens (primary N) is 1. The van der Waals surface area contributed by atoms with Crippen LogP contribution >= 0.6 is 15.9 Å². The van der Waals surface area contributed by atoms with Crippen LogP contribution in [-0.2, 0) is 14.8 Å². The quantitative estimate of drug-likeness (QED) is 0.848. The molecular weight excluding hydrogens is 332 g/mol. The zero-order valence-corrected chi connectivity index (χ0v) is 13.4. The third-order valence-electron chi connectivity index (χ3n) is 2.35. The second-order valence-electron chi connectivity index (χ2n) is 5.10. The average molecular weight is 349 g/mol. The molecule has 0 saturated carbocycles. The summed E-state index contributed by atoms with van der Waals surface area (Å²) < 4.78 is 27.7. The maximum absolute atomic E-state index is 12.2. The monoisotopic (exact) mass is 348 g/mol. The molecule has 0 aromatic heterocycles. The van der Waals surface area contributed by atoms with Crippen LogP contribution in [0.4, 0.5) is 0 Å². The van der Waals surface area contributed by atoms with Crippen LogP contribution < -0.4 is 10.5 Å². The lowest BCUT2D eigenvalue weighted by Gasteiger charge is -2.24. The number of carbonyl (C=O) groups is 1. The minimum Gasteiger partial charge on any atom is -0.370 e. The largest absolute Gasteiger partial charge is 0.370 e. The van der Waals surface area contributed by atoms with Gasteiger partial charge in [-0.1, -0.05) is 15.9 Å². The van der Waals surface area contributed by atoms with Gasteiger partial charge in [0, 0.05) is 16.4 Å². The molecule has 0 atom stereocenters. The summed E-state index contributed by atoms with van der Waals surface area (Å²) in [5.41, 5.74) is 5.00. The highest BCUT2D eigenvalue weighted by Crippen LogP contribution is 2.21. The van der Waals surface area contributed by atoms with Crippen molar-refractivity contribution in [3.63, 3.8) is 0 Å². The van der Waals surface area contributed by atoms with E-state index in [0.717, 1.165) is 5.56 Å². The van der Waals surface area contributed by atoms with Crippen LogP contribution in [0.2, 0.25) is 0 Å². The Morgan fingerprint density at radius 3 is 2.42 bits per heavy atom. The number of carbonyl (C=O) groups excluding carboxylic acids is 1. The van der Waals surface area contributed by atoms with Gasteiger partial charge in [-0.05, 0) is 44.5 Å². The Hall–Kier alpha value is -0.920. The van der Waals surface area contributed by atoms with Gasteiger partial charge in [-0.25, -0.2) is 13.1 Å². The molecule has 0 spiro atoms. The molecule has 0 aliphatic heterocycles. The van der Waals surface area contributed by atoms with Gasteiger partial charge in [-0.3, -0.25) is 4.79 Å². The zero-order chi connectivity index (χ0) is 14.8. The van der Waals surface area contributed by atoms with E-state index in [1.54, 1.807) is 26.8 Å². The molecule has 5 nitrogen and oxygen atoms in total. The third-order valence-corrected chi connectivity index (χ3v) is 4.49. The Morgan fingerprint density at radius 1 is 1.37 bits per heavy atom. The van der Waals surface area contributed by atoms with E-state index in [1.807, 2.05) is 6.07 Å². The van der Waals surface area contributed by atoms with E-state index in [1.165, 1.54) is 6.07 Å². The molecule has 1 aromatic carbocycles. The molecule has 1 amide bonds. The molecule has 106 valence electrons. The molecule has 19 heavy (non-hydrogen) atoms. The Kier molecular flexibility index (Phi) is 4.76. The van der Waals surface area contributed by atoms with Gasteiger partial charge < -0.3 is 5.73 Å². The van der Waals surface area contributed by atoms with Crippen molar-refractivity contribution in [3.05, 3.63) is 28.2 Å². The highest BCUT2D eigenvalue weighted by atomic mass is 79.9.